The SMILES string of the molecule is COc1cc(-c2ccc(F)c(F)c2)ccc1-n1c(=O)ccc2cc(S(=O)(=O)Nc3ncccn3)ccc21. The van der Waals surface area contributed by atoms with Crippen LogP contribution in [0.1, 0.15) is 0 Å². The molecule has 0 fully saturated rings. The zero-order valence-corrected chi connectivity index (χ0v) is 20.0. The summed E-state index contributed by atoms with van der Waals surface area (Å²) >= 11 is 0. The van der Waals surface area contributed by atoms with Crippen LogP contribution in [0.5, 0.6) is 5.75 Å². The smallest absolute Gasteiger partial charge is 0.264 e. The van der Waals surface area contributed by atoms with E-state index in [-0.39, 0.29) is 16.4 Å². The number of benzene rings is 3. The lowest BCUT2D eigenvalue weighted by Crippen LogP contribution is -2.19. The number of methoxy groups -OCH3 is 1. The number of hydrogen-bond donors (Lipinski definition) is 1. The normalized spacial score (nSPS) is 11.4. The van der Waals surface area contributed by atoms with Crippen molar-refractivity contribution in [3.63, 3.8) is 0 Å². The summed E-state index contributed by atoms with van der Waals surface area (Å²) in [5, 5.41) is 0.475. The quantitative estimate of drug-likeness (QED) is 0.353. The minimum atomic E-state index is -3.99. The first kappa shape index (κ1) is 24.1. The van der Waals surface area contributed by atoms with Crippen molar-refractivity contribution >= 4 is 26.9 Å². The number of sulfonamides is 1. The molecular weight excluding hydrogens is 502 g/mol. The predicted octanol–water partition coefficient (Wildman–Crippen LogP) is 4.54. The van der Waals surface area contributed by atoms with Gasteiger partial charge in [-0.25, -0.2) is 31.9 Å². The fourth-order valence-electron chi connectivity index (χ4n) is 3.89. The molecule has 2 heterocycles. The highest BCUT2D eigenvalue weighted by molar-refractivity contribution is 7.92. The van der Waals surface area contributed by atoms with E-state index in [1.165, 1.54) is 60.5 Å². The molecule has 0 aliphatic heterocycles. The third-order valence-electron chi connectivity index (χ3n) is 5.64. The monoisotopic (exact) mass is 520 g/mol. The summed E-state index contributed by atoms with van der Waals surface area (Å²) in [6.45, 7) is 0. The van der Waals surface area contributed by atoms with Gasteiger partial charge in [0.15, 0.2) is 11.6 Å². The van der Waals surface area contributed by atoms with Gasteiger partial charge in [0.05, 0.1) is 23.2 Å². The number of hydrogen-bond acceptors (Lipinski definition) is 6. The molecule has 3 aromatic carbocycles. The predicted molar refractivity (Wildman–Crippen MR) is 134 cm³/mol. The van der Waals surface area contributed by atoms with Gasteiger partial charge in [-0.2, -0.15) is 0 Å². The van der Waals surface area contributed by atoms with Crippen LogP contribution in [0.4, 0.5) is 14.7 Å². The Kier molecular flexibility index (Phi) is 6.14. The number of aromatic nitrogens is 3. The van der Waals surface area contributed by atoms with Crippen LogP contribution in [0.3, 0.4) is 0 Å². The molecule has 0 atom stereocenters. The molecule has 0 spiro atoms. The van der Waals surface area contributed by atoms with E-state index in [0.29, 0.717) is 33.5 Å². The molecule has 186 valence electrons. The van der Waals surface area contributed by atoms with Crippen LogP contribution in [0.15, 0.2) is 94.9 Å². The maximum Gasteiger partial charge on any atom is 0.264 e. The Bertz CT molecular complexity index is 1810. The van der Waals surface area contributed by atoms with Gasteiger partial charge in [0, 0.05) is 23.8 Å². The van der Waals surface area contributed by atoms with Gasteiger partial charge < -0.3 is 4.74 Å². The zero-order chi connectivity index (χ0) is 26.2. The highest BCUT2D eigenvalue weighted by Gasteiger charge is 2.18. The van der Waals surface area contributed by atoms with Gasteiger partial charge in [-0.05, 0) is 65.7 Å². The van der Waals surface area contributed by atoms with Crippen molar-refractivity contribution in [1.82, 2.24) is 14.5 Å². The van der Waals surface area contributed by atoms with Crippen molar-refractivity contribution in [1.29, 1.82) is 0 Å². The van der Waals surface area contributed by atoms with Crippen molar-refractivity contribution in [2.24, 2.45) is 0 Å². The highest BCUT2D eigenvalue weighted by atomic mass is 32.2. The van der Waals surface area contributed by atoms with Crippen molar-refractivity contribution in [2.45, 2.75) is 4.90 Å². The van der Waals surface area contributed by atoms with Crippen LogP contribution in [-0.4, -0.2) is 30.1 Å². The third kappa shape index (κ3) is 4.64. The number of fused-ring (bicyclic) bond motifs is 1. The van der Waals surface area contributed by atoms with Gasteiger partial charge in [0.1, 0.15) is 5.75 Å². The molecule has 1 N–H and O–H groups in total. The summed E-state index contributed by atoms with van der Waals surface area (Å²) in [5.74, 6) is -1.71. The van der Waals surface area contributed by atoms with E-state index >= 15 is 0 Å². The standard InChI is InChI=1S/C26H18F2N4O4S/c1-36-24-15-17(16-3-7-20(27)21(28)14-16)4-8-23(24)32-22-9-6-19(13-18(22)5-10-25(32)33)37(34,35)31-26-29-11-2-12-30-26/h2-15H,1H3,(H,29,30,31). The second-order valence-corrected chi connectivity index (χ2v) is 9.60. The maximum atomic E-state index is 13.8. The summed E-state index contributed by atoms with van der Waals surface area (Å²) in [4.78, 5) is 20.6. The number of rotatable bonds is 6. The fraction of sp³-hybridized carbons (Fsp3) is 0.0385. The lowest BCUT2D eigenvalue weighted by molar-refractivity contribution is 0.413. The first-order valence-electron chi connectivity index (χ1n) is 10.9. The van der Waals surface area contributed by atoms with Crippen LogP contribution >= 0.6 is 0 Å². The van der Waals surface area contributed by atoms with Gasteiger partial charge in [0.2, 0.25) is 5.95 Å². The van der Waals surface area contributed by atoms with Gasteiger partial charge >= 0.3 is 0 Å². The summed E-state index contributed by atoms with van der Waals surface area (Å²) in [5.41, 5.74) is 1.42. The number of nitrogens with one attached hydrogen (secondary N) is 1. The van der Waals surface area contributed by atoms with Gasteiger partial charge in [-0.1, -0.05) is 12.1 Å². The van der Waals surface area contributed by atoms with E-state index in [2.05, 4.69) is 14.7 Å². The number of anilines is 1. The van der Waals surface area contributed by atoms with Crippen LogP contribution < -0.4 is 15.0 Å². The summed E-state index contributed by atoms with van der Waals surface area (Å²) in [6.07, 6.45) is 2.82. The third-order valence-corrected chi connectivity index (χ3v) is 6.97. The van der Waals surface area contributed by atoms with E-state index in [9.17, 15) is 22.0 Å². The Hall–Kier alpha value is -4.64. The van der Waals surface area contributed by atoms with Gasteiger partial charge in [0.25, 0.3) is 15.6 Å². The average molecular weight is 521 g/mol. The average Bonchev–Trinajstić information content (AvgIpc) is 2.90. The number of nitrogens with zero attached hydrogens (tertiary/aromatic N) is 3. The molecule has 0 radical (unpaired) electrons. The van der Waals surface area contributed by atoms with E-state index < -0.39 is 21.7 Å². The molecule has 5 aromatic rings. The molecule has 2 aromatic heterocycles. The van der Waals surface area contributed by atoms with E-state index in [1.807, 2.05) is 0 Å². The number of halogens is 2. The Balaban J connectivity index is 1.59. The maximum absolute atomic E-state index is 13.8. The van der Waals surface area contributed by atoms with Gasteiger partial charge in [-0.3, -0.25) is 9.36 Å². The van der Waals surface area contributed by atoms with Gasteiger partial charge in [-0.15, -0.1) is 0 Å². The van der Waals surface area contributed by atoms with Crippen molar-refractivity contribution in [2.75, 3.05) is 11.8 Å². The molecule has 0 saturated carbocycles. The molecule has 37 heavy (non-hydrogen) atoms. The Labute approximate surface area is 209 Å². The summed E-state index contributed by atoms with van der Waals surface area (Å²) in [7, 11) is -2.57. The molecule has 0 bridgehead atoms. The Morgan fingerprint density at radius 1 is 0.865 bits per heavy atom. The first-order valence-corrected chi connectivity index (χ1v) is 12.3. The van der Waals surface area contributed by atoms with Crippen molar-refractivity contribution in [3.05, 3.63) is 107 Å². The lowest BCUT2D eigenvalue weighted by Gasteiger charge is -2.16. The second-order valence-electron chi connectivity index (χ2n) is 7.92. The van der Waals surface area contributed by atoms with Crippen LogP contribution in [0.25, 0.3) is 27.7 Å². The molecule has 0 saturated heterocycles. The Morgan fingerprint density at radius 3 is 2.32 bits per heavy atom. The summed E-state index contributed by atoms with van der Waals surface area (Å²) < 4.78 is 62.0. The van der Waals surface area contributed by atoms with E-state index in [0.717, 1.165) is 12.1 Å². The summed E-state index contributed by atoms with van der Waals surface area (Å²) in [6, 6.07) is 17.1. The molecule has 11 heteroatoms. The molecule has 8 nitrogen and oxygen atoms in total. The number of pyridine rings is 1. The van der Waals surface area contributed by atoms with Crippen molar-refractivity contribution in [3.8, 4) is 22.6 Å². The molecule has 5 rings (SSSR count). The minimum Gasteiger partial charge on any atom is -0.495 e. The lowest BCUT2D eigenvalue weighted by atomic mass is 10.0. The van der Waals surface area contributed by atoms with Crippen LogP contribution in [-0.2, 0) is 10.0 Å². The van der Waals surface area contributed by atoms with Crippen molar-refractivity contribution < 1.29 is 21.9 Å². The van der Waals surface area contributed by atoms with E-state index in [4.69, 9.17) is 4.74 Å². The highest BCUT2D eigenvalue weighted by Crippen LogP contribution is 2.32. The Morgan fingerprint density at radius 2 is 1.59 bits per heavy atom. The first-order chi connectivity index (χ1) is 17.8. The largest absolute Gasteiger partial charge is 0.495 e. The minimum absolute atomic E-state index is 0.0432. The second kappa shape index (κ2) is 9.43. The molecule has 0 aliphatic rings. The molecular formula is C26H18F2N4O4S. The van der Waals surface area contributed by atoms with Crippen LogP contribution in [0, 0.1) is 11.6 Å². The van der Waals surface area contributed by atoms with E-state index in [1.54, 1.807) is 24.3 Å². The number of ether oxygens (including phenoxy) is 1. The molecule has 0 unspecified atom stereocenters. The van der Waals surface area contributed by atoms with Crippen LogP contribution in [0.2, 0.25) is 0 Å². The zero-order valence-electron chi connectivity index (χ0n) is 19.2. The molecule has 0 amide bonds. The molecule has 0 aliphatic carbocycles. The topological polar surface area (TPSA) is 103 Å². The fourth-order valence-corrected chi connectivity index (χ4v) is 4.88.